The third-order valence-electron chi connectivity index (χ3n) is 3.54. The van der Waals surface area contributed by atoms with Gasteiger partial charge in [-0.1, -0.05) is 41.9 Å². The fourth-order valence-corrected chi connectivity index (χ4v) is 2.61. The van der Waals surface area contributed by atoms with E-state index >= 15 is 0 Å². The number of fused-ring (bicyclic) bond motifs is 1. The fraction of sp³-hybridized carbons (Fsp3) is 0.118. The van der Waals surface area contributed by atoms with Crippen LogP contribution >= 0.6 is 11.6 Å². The molecule has 1 heterocycles. The highest BCUT2D eigenvalue weighted by Crippen LogP contribution is 2.25. The van der Waals surface area contributed by atoms with E-state index in [4.69, 9.17) is 11.6 Å². The molecule has 5 nitrogen and oxygen atoms in total. The monoisotopic (exact) mass is 327 g/mol. The Labute approximate surface area is 137 Å². The van der Waals surface area contributed by atoms with Gasteiger partial charge in [-0.25, -0.2) is 4.68 Å². The van der Waals surface area contributed by atoms with E-state index in [9.17, 15) is 9.59 Å². The van der Waals surface area contributed by atoms with Crippen LogP contribution in [0.25, 0.3) is 10.8 Å². The predicted molar refractivity (Wildman–Crippen MR) is 90.8 cm³/mol. The number of aryl methyl sites for hydroxylation is 1. The number of para-hydroxylation sites is 1. The summed E-state index contributed by atoms with van der Waals surface area (Å²) in [4.78, 5) is 24.5. The Morgan fingerprint density at radius 2 is 2.00 bits per heavy atom. The molecule has 0 aliphatic rings. The Morgan fingerprint density at radius 1 is 1.22 bits per heavy atom. The van der Waals surface area contributed by atoms with Crippen molar-refractivity contribution in [1.82, 2.24) is 9.78 Å². The molecular formula is C17H14ClN3O2. The lowest BCUT2D eigenvalue weighted by Gasteiger charge is -2.11. The van der Waals surface area contributed by atoms with Gasteiger partial charge in [0.05, 0.1) is 22.3 Å². The van der Waals surface area contributed by atoms with Crippen LogP contribution in [0.2, 0.25) is 5.02 Å². The van der Waals surface area contributed by atoms with E-state index in [1.165, 1.54) is 0 Å². The van der Waals surface area contributed by atoms with Gasteiger partial charge >= 0.3 is 0 Å². The van der Waals surface area contributed by atoms with Crippen molar-refractivity contribution in [1.29, 1.82) is 0 Å². The van der Waals surface area contributed by atoms with Gasteiger partial charge in [0.2, 0.25) is 5.91 Å². The molecule has 0 fully saturated rings. The second-order valence-electron chi connectivity index (χ2n) is 5.17. The summed E-state index contributed by atoms with van der Waals surface area (Å²) in [6.07, 6.45) is 1.57. The minimum Gasteiger partial charge on any atom is -0.323 e. The van der Waals surface area contributed by atoms with Crippen LogP contribution in [-0.2, 0) is 11.3 Å². The van der Waals surface area contributed by atoms with E-state index in [0.717, 1.165) is 15.6 Å². The number of hydrogen-bond donors (Lipinski definition) is 1. The molecule has 0 saturated heterocycles. The smallest absolute Gasteiger partial charge is 0.275 e. The maximum absolute atomic E-state index is 12.3. The second kappa shape index (κ2) is 6.22. The summed E-state index contributed by atoms with van der Waals surface area (Å²) in [6.45, 7) is 1.68. The summed E-state index contributed by atoms with van der Waals surface area (Å²) in [5.41, 5.74) is 1.10. The molecule has 1 amide bonds. The van der Waals surface area contributed by atoms with E-state index in [-0.39, 0.29) is 18.0 Å². The lowest BCUT2D eigenvalue weighted by Crippen LogP contribution is -2.29. The van der Waals surface area contributed by atoms with Crippen LogP contribution in [0.4, 0.5) is 5.69 Å². The average Bonchev–Trinajstić information content (AvgIpc) is 2.54. The van der Waals surface area contributed by atoms with Crippen LogP contribution in [0.1, 0.15) is 5.56 Å². The Kier molecular flexibility index (Phi) is 4.12. The van der Waals surface area contributed by atoms with Crippen LogP contribution in [0, 0.1) is 6.92 Å². The zero-order valence-electron chi connectivity index (χ0n) is 12.4. The van der Waals surface area contributed by atoms with Gasteiger partial charge in [0.25, 0.3) is 5.56 Å². The zero-order valence-corrected chi connectivity index (χ0v) is 13.2. The van der Waals surface area contributed by atoms with Gasteiger partial charge in [0.1, 0.15) is 6.54 Å². The largest absolute Gasteiger partial charge is 0.323 e. The highest BCUT2D eigenvalue weighted by atomic mass is 35.5. The van der Waals surface area contributed by atoms with Crippen LogP contribution in [0.15, 0.2) is 53.5 Å². The van der Waals surface area contributed by atoms with Crippen molar-refractivity contribution in [2.75, 3.05) is 5.32 Å². The SMILES string of the molecule is Cc1cccc(Cl)c1NC(=O)Cn1ncc2ccccc2c1=O. The molecule has 0 aliphatic carbocycles. The molecule has 3 rings (SSSR count). The first-order valence-corrected chi connectivity index (χ1v) is 7.44. The van der Waals surface area contributed by atoms with Gasteiger partial charge in [-0.3, -0.25) is 9.59 Å². The number of nitrogens with one attached hydrogen (secondary N) is 1. The highest BCUT2D eigenvalue weighted by Gasteiger charge is 2.11. The van der Waals surface area contributed by atoms with Gasteiger partial charge in [-0.15, -0.1) is 0 Å². The molecule has 0 bridgehead atoms. The minimum absolute atomic E-state index is 0.172. The Morgan fingerprint density at radius 3 is 2.78 bits per heavy atom. The number of amides is 1. The Balaban J connectivity index is 1.86. The molecule has 0 aliphatic heterocycles. The molecule has 2 aromatic carbocycles. The highest BCUT2D eigenvalue weighted by molar-refractivity contribution is 6.33. The zero-order chi connectivity index (χ0) is 16.4. The third kappa shape index (κ3) is 3.10. The number of carbonyl (C=O) groups is 1. The first-order chi connectivity index (χ1) is 11.1. The summed E-state index contributed by atoms with van der Waals surface area (Å²) in [5.74, 6) is -0.355. The van der Waals surface area contributed by atoms with E-state index in [1.54, 1.807) is 30.5 Å². The molecular weight excluding hydrogens is 314 g/mol. The summed E-state index contributed by atoms with van der Waals surface area (Å²) in [7, 11) is 0. The minimum atomic E-state index is -0.355. The first kappa shape index (κ1) is 15.2. The Hall–Kier alpha value is -2.66. The number of carbonyl (C=O) groups excluding carboxylic acids is 1. The van der Waals surface area contributed by atoms with Crippen molar-refractivity contribution in [2.45, 2.75) is 13.5 Å². The van der Waals surface area contributed by atoms with Gasteiger partial charge in [0.15, 0.2) is 0 Å². The standard InChI is InChI=1S/C17H14ClN3O2/c1-11-5-4-8-14(18)16(11)20-15(22)10-21-17(23)13-7-3-2-6-12(13)9-19-21/h2-9H,10H2,1H3,(H,20,22). The van der Waals surface area contributed by atoms with Gasteiger partial charge in [-0.2, -0.15) is 5.10 Å². The first-order valence-electron chi connectivity index (χ1n) is 7.06. The van der Waals surface area contributed by atoms with E-state index < -0.39 is 0 Å². The van der Waals surface area contributed by atoms with Crippen molar-refractivity contribution < 1.29 is 4.79 Å². The summed E-state index contributed by atoms with van der Waals surface area (Å²) in [6, 6.07) is 12.5. The topological polar surface area (TPSA) is 64.0 Å². The molecule has 116 valence electrons. The quantitative estimate of drug-likeness (QED) is 0.804. The number of anilines is 1. The lowest BCUT2D eigenvalue weighted by molar-refractivity contribution is -0.117. The number of aromatic nitrogens is 2. The predicted octanol–water partition coefficient (Wildman–Crippen LogP) is 3.00. The summed E-state index contributed by atoms with van der Waals surface area (Å²) < 4.78 is 1.14. The van der Waals surface area contributed by atoms with Crippen molar-refractivity contribution in [3.05, 3.63) is 69.6 Å². The maximum atomic E-state index is 12.3. The molecule has 0 unspecified atom stereocenters. The molecule has 6 heteroatoms. The van der Waals surface area contributed by atoms with Crippen LogP contribution < -0.4 is 10.9 Å². The van der Waals surface area contributed by atoms with Crippen molar-refractivity contribution in [2.24, 2.45) is 0 Å². The number of hydrogen-bond acceptors (Lipinski definition) is 3. The van der Waals surface area contributed by atoms with Gasteiger partial charge in [-0.05, 0) is 24.6 Å². The maximum Gasteiger partial charge on any atom is 0.275 e. The molecule has 0 radical (unpaired) electrons. The van der Waals surface area contributed by atoms with Crippen LogP contribution in [0.5, 0.6) is 0 Å². The second-order valence-corrected chi connectivity index (χ2v) is 5.58. The van der Waals surface area contributed by atoms with Crippen molar-refractivity contribution in [3.8, 4) is 0 Å². The molecule has 3 aromatic rings. The lowest BCUT2D eigenvalue weighted by atomic mass is 10.2. The van der Waals surface area contributed by atoms with Gasteiger partial charge < -0.3 is 5.32 Å². The Bertz CT molecular complexity index is 930. The van der Waals surface area contributed by atoms with Crippen LogP contribution in [0.3, 0.4) is 0 Å². The third-order valence-corrected chi connectivity index (χ3v) is 3.86. The molecule has 0 saturated carbocycles. The number of rotatable bonds is 3. The molecule has 23 heavy (non-hydrogen) atoms. The molecule has 1 N–H and O–H groups in total. The fourth-order valence-electron chi connectivity index (χ4n) is 2.35. The number of halogens is 1. The summed E-state index contributed by atoms with van der Waals surface area (Å²) >= 11 is 6.09. The molecule has 1 aromatic heterocycles. The molecule has 0 atom stereocenters. The average molecular weight is 328 g/mol. The summed E-state index contributed by atoms with van der Waals surface area (Å²) in [5, 5.41) is 8.51. The number of nitrogens with zero attached hydrogens (tertiary/aromatic N) is 2. The van der Waals surface area contributed by atoms with Crippen molar-refractivity contribution >= 4 is 34.0 Å². The van der Waals surface area contributed by atoms with Crippen LogP contribution in [-0.4, -0.2) is 15.7 Å². The number of benzene rings is 2. The molecule has 0 spiro atoms. The normalized spacial score (nSPS) is 10.7. The van der Waals surface area contributed by atoms with E-state index in [1.807, 2.05) is 25.1 Å². The van der Waals surface area contributed by atoms with Gasteiger partial charge in [0, 0.05) is 5.39 Å². The van der Waals surface area contributed by atoms with Crippen molar-refractivity contribution in [3.63, 3.8) is 0 Å². The van der Waals surface area contributed by atoms with E-state index in [2.05, 4.69) is 10.4 Å². The van der Waals surface area contributed by atoms with E-state index in [0.29, 0.717) is 16.1 Å².